The molecule has 0 saturated heterocycles. The van der Waals surface area contributed by atoms with Crippen molar-refractivity contribution in [2.75, 3.05) is 5.32 Å². The van der Waals surface area contributed by atoms with Crippen LogP contribution in [0.3, 0.4) is 0 Å². The van der Waals surface area contributed by atoms with Gasteiger partial charge in [0.15, 0.2) is 6.10 Å². The number of carbonyl (C=O) groups is 1. The molecule has 0 aliphatic heterocycles. The van der Waals surface area contributed by atoms with E-state index in [4.69, 9.17) is 4.74 Å². The van der Waals surface area contributed by atoms with Gasteiger partial charge in [-0.1, -0.05) is 30.3 Å². The number of ether oxygens (including phenoxy) is 1. The van der Waals surface area contributed by atoms with Crippen LogP contribution in [0.1, 0.15) is 12.5 Å². The monoisotopic (exact) mass is 273 g/mol. The number of hydrogen-bond acceptors (Lipinski definition) is 2. The van der Waals surface area contributed by atoms with Crippen LogP contribution < -0.4 is 10.1 Å². The van der Waals surface area contributed by atoms with Gasteiger partial charge in [-0.25, -0.2) is 4.39 Å². The van der Waals surface area contributed by atoms with E-state index in [1.807, 2.05) is 25.1 Å². The van der Waals surface area contributed by atoms with Gasteiger partial charge < -0.3 is 10.1 Å². The highest BCUT2D eigenvalue weighted by Crippen LogP contribution is 2.19. The summed E-state index contributed by atoms with van der Waals surface area (Å²) in [6.07, 6.45) is -0.712. The minimum absolute atomic E-state index is 0.151. The molecule has 0 fully saturated rings. The number of carbonyl (C=O) groups excluding carboxylic acids is 1. The second kappa shape index (κ2) is 6.19. The Morgan fingerprint density at radius 1 is 1.15 bits per heavy atom. The van der Waals surface area contributed by atoms with Crippen LogP contribution in [0.15, 0.2) is 48.5 Å². The van der Waals surface area contributed by atoms with Crippen LogP contribution in [0.5, 0.6) is 5.75 Å². The molecule has 20 heavy (non-hydrogen) atoms. The Morgan fingerprint density at radius 3 is 2.50 bits per heavy atom. The first-order valence-corrected chi connectivity index (χ1v) is 6.35. The number of amides is 1. The van der Waals surface area contributed by atoms with Gasteiger partial charge in [-0.3, -0.25) is 4.79 Å². The summed E-state index contributed by atoms with van der Waals surface area (Å²) in [6, 6.07) is 13.5. The largest absolute Gasteiger partial charge is 0.481 e. The van der Waals surface area contributed by atoms with E-state index < -0.39 is 17.8 Å². The summed E-state index contributed by atoms with van der Waals surface area (Å²) in [5.41, 5.74) is 1.09. The van der Waals surface area contributed by atoms with Gasteiger partial charge in [0.1, 0.15) is 11.6 Å². The van der Waals surface area contributed by atoms with Crippen molar-refractivity contribution in [2.45, 2.75) is 20.0 Å². The Morgan fingerprint density at radius 2 is 1.80 bits per heavy atom. The maximum Gasteiger partial charge on any atom is 0.265 e. The van der Waals surface area contributed by atoms with Crippen molar-refractivity contribution in [2.24, 2.45) is 0 Å². The Hall–Kier alpha value is -2.36. The van der Waals surface area contributed by atoms with Crippen molar-refractivity contribution >= 4 is 11.6 Å². The molecular formula is C16H16FNO2. The maximum atomic E-state index is 13.4. The zero-order valence-corrected chi connectivity index (χ0v) is 11.4. The van der Waals surface area contributed by atoms with Gasteiger partial charge in [-0.15, -0.1) is 0 Å². The van der Waals surface area contributed by atoms with E-state index in [0.717, 1.165) is 5.56 Å². The lowest BCUT2D eigenvalue weighted by molar-refractivity contribution is -0.122. The third-order valence-electron chi connectivity index (χ3n) is 2.90. The lowest BCUT2D eigenvalue weighted by atomic mass is 10.2. The number of para-hydroxylation sites is 2. The van der Waals surface area contributed by atoms with Gasteiger partial charge in [0, 0.05) is 0 Å². The number of aryl methyl sites for hydroxylation is 1. The smallest absolute Gasteiger partial charge is 0.265 e. The molecule has 0 aliphatic carbocycles. The van der Waals surface area contributed by atoms with Crippen molar-refractivity contribution in [3.05, 3.63) is 59.9 Å². The molecule has 1 N–H and O–H groups in total. The lowest BCUT2D eigenvalue weighted by Crippen LogP contribution is -2.30. The molecule has 104 valence electrons. The van der Waals surface area contributed by atoms with Crippen LogP contribution in [-0.4, -0.2) is 12.0 Å². The second-order valence-electron chi connectivity index (χ2n) is 4.49. The van der Waals surface area contributed by atoms with Gasteiger partial charge in [0.25, 0.3) is 5.91 Å². The van der Waals surface area contributed by atoms with Gasteiger partial charge >= 0.3 is 0 Å². The highest BCUT2D eigenvalue weighted by molar-refractivity contribution is 5.94. The van der Waals surface area contributed by atoms with Gasteiger partial charge in [-0.2, -0.15) is 0 Å². The molecule has 0 bridgehead atoms. The van der Waals surface area contributed by atoms with Crippen molar-refractivity contribution < 1.29 is 13.9 Å². The first-order valence-electron chi connectivity index (χ1n) is 6.35. The molecule has 4 heteroatoms. The number of anilines is 1. The fourth-order valence-electron chi connectivity index (χ4n) is 1.73. The lowest BCUT2D eigenvalue weighted by Gasteiger charge is -2.16. The summed E-state index contributed by atoms with van der Waals surface area (Å²) in [5, 5.41) is 2.51. The fraction of sp³-hybridized carbons (Fsp3) is 0.188. The van der Waals surface area contributed by atoms with Gasteiger partial charge in [-0.05, 0) is 37.6 Å². The Balaban J connectivity index is 2.03. The Bertz CT molecular complexity index is 613. The normalized spacial score (nSPS) is 11.8. The molecule has 2 aromatic carbocycles. The summed E-state index contributed by atoms with van der Waals surface area (Å²) >= 11 is 0. The van der Waals surface area contributed by atoms with Crippen LogP contribution in [0, 0.1) is 12.7 Å². The predicted octanol–water partition coefficient (Wildman–Crippen LogP) is 3.54. The van der Waals surface area contributed by atoms with E-state index in [9.17, 15) is 9.18 Å². The van der Waals surface area contributed by atoms with Crippen LogP contribution in [0.2, 0.25) is 0 Å². The van der Waals surface area contributed by atoms with Crippen molar-refractivity contribution in [3.8, 4) is 5.75 Å². The van der Waals surface area contributed by atoms with Crippen LogP contribution in [0.4, 0.5) is 10.1 Å². The number of nitrogens with one attached hydrogen (secondary N) is 1. The average Bonchev–Trinajstić information content (AvgIpc) is 2.43. The van der Waals surface area contributed by atoms with Crippen molar-refractivity contribution in [1.29, 1.82) is 0 Å². The van der Waals surface area contributed by atoms with E-state index in [0.29, 0.717) is 5.75 Å². The molecule has 0 spiro atoms. The standard InChI is InChI=1S/C16H16FNO2/c1-11-7-3-6-10-15(11)20-12(2)16(19)18-14-9-5-4-8-13(14)17/h3-10,12H,1-2H3,(H,18,19)/t12-/m0/s1. The summed E-state index contributed by atoms with van der Waals surface area (Å²) in [7, 11) is 0. The SMILES string of the molecule is Cc1ccccc1O[C@@H](C)C(=O)Nc1ccccc1F. The molecule has 0 aliphatic rings. The highest BCUT2D eigenvalue weighted by atomic mass is 19.1. The minimum atomic E-state index is -0.712. The maximum absolute atomic E-state index is 13.4. The van der Waals surface area contributed by atoms with Gasteiger partial charge in [0.2, 0.25) is 0 Å². The summed E-state index contributed by atoms with van der Waals surface area (Å²) in [4.78, 5) is 12.0. The van der Waals surface area contributed by atoms with E-state index >= 15 is 0 Å². The first kappa shape index (κ1) is 14.1. The van der Waals surface area contributed by atoms with E-state index in [-0.39, 0.29) is 5.69 Å². The predicted molar refractivity (Wildman–Crippen MR) is 76.3 cm³/mol. The molecule has 2 aromatic rings. The summed E-state index contributed by atoms with van der Waals surface area (Å²) in [5.74, 6) is -0.217. The molecule has 1 amide bonds. The molecule has 0 unspecified atom stereocenters. The number of benzene rings is 2. The zero-order chi connectivity index (χ0) is 14.5. The van der Waals surface area contributed by atoms with Crippen LogP contribution in [-0.2, 0) is 4.79 Å². The number of halogens is 1. The third-order valence-corrected chi connectivity index (χ3v) is 2.90. The molecular weight excluding hydrogens is 257 g/mol. The number of hydrogen-bond donors (Lipinski definition) is 1. The topological polar surface area (TPSA) is 38.3 Å². The molecule has 0 radical (unpaired) electrons. The summed E-state index contributed by atoms with van der Waals surface area (Å²) < 4.78 is 19.0. The summed E-state index contributed by atoms with van der Waals surface area (Å²) in [6.45, 7) is 3.53. The minimum Gasteiger partial charge on any atom is -0.481 e. The zero-order valence-electron chi connectivity index (χ0n) is 11.4. The van der Waals surface area contributed by atoms with Gasteiger partial charge in [0.05, 0.1) is 5.69 Å². The van der Waals surface area contributed by atoms with E-state index in [2.05, 4.69) is 5.32 Å². The Kier molecular flexibility index (Phi) is 4.35. The number of rotatable bonds is 4. The molecule has 3 nitrogen and oxygen atoms in total. The molecule has 0 saturated carbocycles. The van der Waals surface area contributed by atoms with Crippen molar-refractivity contribution in [3.63, 3.8) is 0 Å². The molecule has 0 heterocycles. The Labute approximate surface area is 117 Å². The van der Waals surface area contributed by atoms with Crippen molar-refractivity contribution in [1.82, 2.24) is 0 Å². The quantitative estimate of drug-likeness (QED) is 0.925. The molecule has 2 rings (SSSR count). The fourth-order valence-corrected chi connectivity index (χ4v) is 1.73. The van der Waals surface area contributed by atoms with Crippen LogP contribution >= 0.6 is 0 Å². The first-order chi connectivity index (χ1) is 9.58. The molecule has 1 atom stereocenters. The van der Waals surface area contributed by atoms with Crippen LogP contribution in [0.25, 0.3) is 0 Å². The second-order valence-corrected chi connectivity index (χ2v) is 4.49. The average molecular weight is 273 g/mol. The highest BCUT2D eigenvalue weighted by Gasteiger charge is 2.16. The molecule has 0 aromatic heterocycles. The van der Waals surface area contributed by atoms with E-state index in [1.54, 1.807) is 25.1 Å². The third kappa shape index (κ3) is 3.35. The van der Waals surface area contributed by atoms with E-state index in [1.165, 1.54) is 12.1 Å².